The van der Waals surface area contributed by atoms with E-state index in [4.69, 9.17) is 9.47 Å². The van der Waals surface area contributed by atoms with E-state index in [2.05, 4.69) is 26.2 Å². The van der Waals surface area contributed by atoms with Crippen LogP contribution in [0.5, 0.6) is 0 Å². The second-order valence-corrected chi connectivity index (χ2v) is 9.96. The molecule has 2 atom stereocenters. The van der Waals surface area contributed by atoms with Crippen LogP contribution in [0.4, 0.5) is 13.6 Å². The number of nitrogens with one attached hydrogen (secondary N) is 1. The average Bonchev–Trinajstić information content (AvgIpc) is 2.78. The lowest BCUT2D eigenvalue weighted by Crippen LogP contribution is -2.37. The van der Waals surface area contributed by atoms with Gasteiger partial charge in [-0.05, 0) is 45.4 Å². The summed E-state index contributed by atoms with van der Waals surface area (Å²) in [6.45, 7) is 6.80. The highest BCUT2D eigenvalue weighted by Gasteiger charge is 2.33. The Balaban J connectivity index is 1.80. The fourth-order valence-corrected chi connectivity index (χ4v) is 3.95. The smallest absolute Gasteiger partial charge is 0.408 e. The average molecular weight is 549 g/mol. The SMILES string of the molecule is CC1=C(OC[C@H](NC(=O)OC(C)(C)C)c2ccccc2)C(=O)C(Br)C(Cc2c(F)cccc2F)=N1. The Labute approximate surface area is 211 Å². The molecule has 1 aliphatic heterocycles. The number of carbonyl (C=O) groups excluding carboxylic acids is 2. The number of aliphatic imine (C=N–C) groups is 1. The monoisotopic (exact) mass is 548 g/mol. The molecule has 1 amide bonds. The molecule has 3 rings (SSSR count). The largest absolute Gasteiger partial charge is 0.485 e. The number of amides is 1. The fraction of sp³-hybridized carbons (Fsp3) is 0.346. The van der Waals surface area contributed by atoms with E-state index in [1.54, 1.807) is 27.7 Å². The summed E-state index contributed by atoms with van der Waals surface area (Å²) in [4.78, 5) is 28.9. The van der Waals surface area contributed by atoms with Crippen molar-refractivity contribution in [2.75, 3.05) is 6.61 Å². The Hall–Kier alpha value is -3.07. The number of rotatable bonds is 7. The van der Waals surface area contributed by atoms with Gasteiger partial charge in [-0.2, -0.15) is 0 Å². The van der Waals surface area contributed by atoms with E-state index in [1.807, 2.05) is 30.3 Å². The zero-order valence-electron chi connectivity index (χ0n) is 19.9. The van der Waals surface area contributed by atoms with Gasteiger partial charge in [0.05, 0.1) is 11.7 Å². The number of benzene rings is 2. The summed E-state index contributed by atoms with van der Waals surface area (Å²) in [6, 6.07) is 12.1. The van der Waals surface area contributed by atoms with Crippen molar-refractivity contribution in [3.8, 4) is 0 Å². The first-order valence-corrected chi connectivity index (χ1v) is 11.9. The molecule has 1 aliphatic rings. The number of alkyl halides is 1. The standard InChI is InChI=1S/C26H27BrF2N2O4/c1-15-24(23(32)22(27)20(30-15)13-17-18(28)11-8-12-19(17)29)34-14-21(16-9-6-5-7-10-16)31-25(33)35-26(2,3)4/h5-12,21-22H,13-14H2,1-4H3,(H,31,33)/t21-,22?/m0/s1. The van der Waals surface area contributed by atoms with Crippen LogP contribution in [0.2, 0.25) is 0 Å². The molecular formula is C26H27BrF2N2O4. The van der Waals surface area contributed by atoms with Crippen molar-refractivity contribution in [3.63, 3.8) is 0 Å². The molecule has 0 aromatic heterocycles. The Morgan fingerprint density at radius 3 is 2.34 bits per heavy atom. The Morgan fingerprint density at radius 1 is 1.11 bits per heavy atom. The zero-order valence-corrected chi connectivity index (χ0v) is 21.5. The molecule has 0 saturated carbocycles. The summed E-state index contributed by atoms with van der Waals surface area (Å²) in [6.07, 6.45) is -0.793. The highest BCUT2D eigenvalue weighted by Crippen LogP contribution is 2.27. The highest BCUT2D eigenvalue weighted by molar-refractivity contribution is 9.10. The van der Waals surface area contributed by atoms with E-state index >= 15 is 0 Å². The molecule has 9 heteroatoms. The van der Waals surface area contributed by atoms with Gasteiger partial charge >= 0.3 is 6.09 Å². The number of hydrogen-bond donors (Lipinski definition) is 1. The zero-order chi connectivity index (χ0) is 25.8. The number of hydrogen-bond acceptors (Lipinski definition) is 5. The molecule has 0 aliphatic carbocycles. The lowest BCUT2D eigenvalue weighted by atomic mass is 9.99. The van der Waals surface area contributed by atoms with Gasteiger partial charge in [-0.3, -0.25) is 9.79 Å². The third-order valence-electron chi connectivity index (χ3n) is 5.09. The summed E-state index contributed by atoms with van der Waals surface area (Å²) in [5.74, 6) is -1.82. The third kappa shape index (κ3) is 6.97. The van der Waals surface area contributed by atoms with Crippen LogP contribution in [0, 0.1) is 11.6 Å². The second-order valence-electron chi connectivity index (χ2n) is 9.04. The highest BCUT2D eigenvalue weighted by atomic mass is 79.9. The van der Waals surface area contributed by atoms with Crippen LogP contribution in [-0.2, 0) is 20.7 Å². The number of ketones is 1. The van der Waals surface area contributed by atoms with Crippen LogP contribution in [0.25, 0.3) is 0 Å². The molecule has 0 radical (unpaired) electrons. The Kier molecular flexibility index (Phi) is 8.43. The first-order chi connectivity index (χ1) is 16.5. The summed E-state index contributed by atoms with van der Waals surface area (Å²) in [7, 11) is 0. The number of nitrogens with zero attached hydrogens (tertiary/aromatic N) is 1. The molecule has 0 spiro atoms. The number of Topliss-reactive ketones (excluding diaryl/α,β-unsaturated/α-hetero) is 1. The molecule has 0 fully saturated rings. The van der Waals surface area contributed by atoms with Crippen molar-refractivity contribution in [3.05, 3.63) is 82.7 Å². The maximum Gasteiger partial charge on any atom is 0.408 e. The summed E-state index contributed by atoms with van der Waals surface area (Å²) >= 11 is 3.29. The molecule has 6 nitrogen and oxygen atoms in total. The predicted molar refractivity (Wildman–Crippen MR) is 132 cm³/mol. The molecule has 35 heavy (non-hydrogen) atoms. The van der Waals surface area contributed by atoms with E-state index in [0.29, 0.717) is 0 Å². The molecule has 2 aromatic carbocycles. The molecule has 1 unspecified atom stereocenters. The lowest BCUT2D eigenvalue weighted by molar-refractivity contribution is -0.117. The number of allylic oxidation sites excluding steroid dienone is 2. The molecule has 1 heterocycles. The topological polar surface area (TPSA) is 77.0 Å². The van der Waals surface area contributed by atoms with E-state index in [0.717, 1.165) is 17.7 Å². The van der Waals surface area contributed by atoms with E-state index in [-0.39, 0.29) is 35.8 Å². The van der Waals surface area contributed by atoms with Crippen molar-refractivity contribution >= 4 is 33.5 Å². The minimum Gasteiger partial charge on any atom is -0.485 e. The van der Waals surface area contributed by atoms with Gasteiger partial charge < -0.3 is 14.8 Å². The van der Waals surface area contributed by atoms with Crippen LogP contribution in [0.15, 0.2) is 65.0 Å². The van der Waals surface area contributed by atoms with Gasteiger partial charge in [-0.1, -0.05) is 52.3 Å². The molecule has 2 aromatic rings. The van der Waals surface area contributed by atoms with Gasteiger partial charge in [0.25, 0.3) is 0 Å². The summed E-state index contributed by atoms with van der Waals surface area (Å²) in [5.41, 5.74) is 0.467. The van der Waals surface area contributed by atoms with Crippen molar-refractivity contribution < 1.29 is 27.8 Å². The number of carbonyl (C=O) groups is 2. The van der Waals surface area contributed by atoms with Crippen LogP contribution in [-0.4, -0.2) is 34.6 Å². The number of alkyl carbamates (subject to hydrolysis) is 1. The molecular weight excluding hydrogens is 522 g/mol. The first kappa shape index (κ1) is 26.5. The molecule has 1 N–H and O–H groups in total. The summed E-state index contributed by atoms with van der Waals surface area (Å²) < 4.78 is 39.4. The van der Waals surface area contributed by atoms with Gasteiger partial charge in [0.1, 0.15) is 28.7 Å². The van der Waals surface area contributed by atoms with Gasteiger partial charge in [0.15, 0.2) is 5.76 Å². The normalized spacial score (nSPS) is 17.1. The van der Waals surface area contributed by atoms with Gasteiger partial charge in [0, 0.05) is 17.7 Å². The van der Waals surface area contributed by atoms with Crippen molar-refractivity contribution in [1.82, 2.24) is 5.32 Å². The van der Waals surface area contributed by atoms with Crippen LogP contribution in [0.1, 0.15) is 44.9 Å². The van der Waals surface area contributed by atoms with Gasteiger partial charge in [-0.25, -0.2) is 13.6 Å². The maximum atomic E-state index is 14.1. The minimum absolute atomic E-state index is 0.0107. The molecule has 0 saturated heterocycles. The van der Waals surface area contributed by atoms with E-state index in [1.165, 1.54) is 6.07 Å². The molecule has 0 bridgehead atoms. The van der Waals surface area contributed by atoms with Gasteiger partial charge in [0.2, 0.25) is 5.78 Å². The van der Waals surface area contributed by atoms with Crippen molar-refractivity contribution in [1.29, 1.82) is 0 Å². The van der Waals surface area contributed by atoms with Gasteiger partial charge in [-0.15, -0.1) is 0 Å². The predicted octanol–water partition coefficient (Wildman–Crippen LogP) is 5.81. The van der Waals surface area contributed by atoms with Crippen molar-refractivity contribution in [2.45, 2.75) is 50.6 Å². The number of ether oxygens (including phenoxy) is 2. The van der Waals surface area contributed by atoms with Crippen LogP contribution >= 0.6 is 15.9 Å². The summed E-state index contributed by atoms with van der Waals surface area (Å²) in [5, 5.41) is 2.77. The van der Waals surface area contributed by atoms with E-state index < -0.39 is 40.0 Å². The van der Waals surface area contributed by atoms with Crippen LogP contribution < -0.4 is 5.32 Å². The Morgan fingerprint density at radius 2 is 1.74 bits per heavy atom. The first-order valence-electron chi connectivity index (χ1n) is 11.0. The third-order valence-corrected chi connectivity index (χ3v) is 6.04. The maximum absolute atomic E-state index is 14.1. The van der Waals surface area contributed by atoms with Crippen molar-refractivity contribution in [2.24, 2.45) is 4.99 Å². The lowest BCUT2D eigenvalue weighted by Gasteiger charge is -2.26. The van der Waals surface area contributed by atoms with E-state index in [9.17, 15) is 18.4 Å². The quantitative estimate of drug-likeness (QED) is 0.443. The fourth-order valence-electron chi connectivity index (χ4n) is 3.48. The number of halogens is 3. The molecule has 186 valence electrons. The Bertz CT molecular complexity index is 1140. The second kappa shape index (κ2) is 11.1. The minimum atomic E-state index is -0.908. The van der Waals surface area contributed by atoms with Crippen LogP contribution in [0.3, 0.4) is 0 Å².